The third kappa shape index (κ3) is 4.36. The van der Waals surface area contributed by atoms with Crippen molar-refractivity contribution in [3.8, 4) is 0 Å². The minimum absolute atomic E-state index is 0.0163. The van der Waals surface area contributed by atoms with Crippen LogP contribution < -0.4 is 10.0 Å². The van der Waals surface area contributed by atoms with Crippen molar-refractivity contribution in [1.82, 2.24) is 10.0 Å². The second kappa shape index (κ2) is 7.26. The Morgan fingerprint density at radius 3 is 2.17 bits per heavy atom. The van der Waals surface area contributed by atoms with E-state index in [1.807, 2.05) is 38.1 Å². The molecule has 2 unspecified atom stereocenters. The summed E-state index contributed by atoms with van der Waals surface area (Å²) in [6.45, 7) is 7.35. The Kier molecular flexibility index (Phi) is 5.30. The van der Waals surface area contributed by atoms with Crippen molar-refractivity contribution in [1.29, 1.82) is 0 Å². The first-order valence-corrected chi connectivity index (χ1v) is 11.6. The summed E-state index contributed by atoms with van der Waals surface area (Å²) in [6, 6.07) is 7.93. The summed E-state index contributed by atoms with van der Waals surface area (Å²) in [6.07, 6.45) is 4.90. The van der Waals surface area contributed by atoms with E-state index in [9.17, 15) is 15.0 Å². The molecule has 4 N–H and O–H groups in total. The van der Waals surface area contributed by atoms with Gasteiger partial charge in [0.1, 0.15) is 5.54 Å². The molecule has 1 aromatic rings. The molecule has 5 nitrogen and oxygen atoms in total. The molecular weight excluding hydrogens is 384 g/mol. The van der Waals surface area contributed by atoms with E-state index < -0.39 is 16.7 Å². The minimum Gasteiger partial charge on any atom is -0.390 e. The quantitative estimate of drug-likeness (QED) is 0.533. The Bertz CT molecular complexity index is 755. The van der Waals surface area contributed by atoms with Gasteiger partial charge in [0, 0.05) is 10.9 Å². The normalized spacial score (nSPS) is 33.7. The first-order valence-electron chi connectivity index (χ1n) is 10.8. The number of amides is 1. The van der Waals surface area contributed by atoms with Crippen molar-refractivity contribution in [3.63, 3.8) is 0 Å². The lowest BCUT2D eigenvalue weighted by molar-refractivity contribution is -0.148. The molecule has 0 radical (unpaired) electrons. The average molecular weight is 419 g/mol. The molecule has 1 amide bonds. The van der Waals surface area contributed by atoms with Crippen LogP contribution in [0.1, 0.15) is 65.4 Å². The van der Waals surface area contributed by atoms with Crippen LogP contribution in [0.4, 0.5) is 0 Å². The molecule has 2 atom stereocenters. The van der Waals surface area contributed by atoms with Crippen molar-refractivity contribution in [2.75, 3.05) is 0 Å². The fourth-order valence-electron chi connectivity index (χ4n) is 5.71. The lowest BCUT2D eigenvalue weighted by atomic mass is 9.52. The summed E-state index contributed by atoms with van der Waals surface area (Å²) in [5.74, 6) is 1.47. The number of rotatable bonds is 6. The minimum atomic E-state index is -0.860. The van der Waals surface area contributed by atoms with Gasteiger partial charge in [0.25, 0.3) is 0 Å². The Morgan fingerprint density at radius 1 is 1.07 bits per heavy atom. The van der Waals surface area contributed by atoms with E-state index in [0.29, 0.717) is 17.8 Å². The molecule has 160 valence electrons. The van der Waals surface area contributed by atoms with Gasteiger partial charge in [0.15, 0.2) is 0 Å². The summed E-state index contributed by atoms with van der Waals surface area (Å²) in [5, 5.41) is 24.2. The van der Waals surface area contributed by atoms with E-state index in [1.54, 1.807) is 13.8 Å². The van der Waals surface area contributed by atoms with Gasteiger partial charge in [-0.25, -0.2) is 4.72 Å². The summed E-state index contributed by atoms with van der Waals surface area (Å²) < 4.78 is 3.31. The van der Waals surface area contributed by atoms with Gasteiger partial charge in [-0.15, -0.1) is 0 Å². The Hall–Kier alpha value is -1.08. The van der Waals surface area contributed by atoms with Crippen molar-refractivity contribution in [2.45, 2.75) is 87.5 Å². The first kappa shape index (κ1) is 21.2. The van der Waals surface area contributed by atoms with Gasteiger partial charge in [0.05, 0.1) is 11.2 Å². The number of nitrogens with one attached hydrogen (secondary N) is 2. The second-order valence-electron chi connectivity index (χ2n) is 10.6. The second-order valence-corrected chi connectivity index (χ2v) is 11.5. The van der Waals surface area contributed by atoms with Gasteiger partial charge in [0.2, 0.25) is 5.91 Å². The van der Waals surface area contributed by atoms with E-state index in [2.05, 4.69) is 10.0 Å². The lowest BCUT2D eigenvalue weighted by Crippen LogP contribution is -2.64. The van der Waals surface area contributed by atoms with Gasteiger partial charge >= 0.3 is 0 Å². The molecule has 0 heterocycles. The van der Waals surface area contributed by atoms with Gasteiger partial charge in [-0.3, -0.25) is 4.79 Å². The van der Waals surface area contributed by atoms with Crippen LogP contribution in [0.5, 0.6) is 0 Å². The molecule has 4 saturated carbocycles. The van der Waals surface area contributed by atoms with Crippen LogP contribution in [-0.2, 0) is 10.4 Å². The molecule has 5 rings (SSSR count). The van der Waals surface area contributed by atoms with Crippen LogP contribution in [0.25, 0.3) is 0 Å². The smallest absolute Gasteiger partial charge is 0.240 e. The number of hydrogen-bond donors (Lipinski definition) is 4. The van der Waals surface area contributed by atoms with Crippen molar-refractivity contribution < 1.29 is 15.0 Å². The molecule has 0 spiro atoms. The summed E-state index contributed by atoms with van der Waals surface area (Å²) >= 11 is 1.43. The fraction of sp³-hybridized carbons (Fsp3) is 0.696. The van der Waals surface area contributed by atoms with Crippen molar-refractivity contribution in [2.24, 2.45) is 17.8 Å². The molecule has 0 saturated heterocycles. The average Bonchev–Trinajstić information content (AvgIpc) is 2.61. The topological polar surface area (TPSA) is 81.6 Å². The molecule has 0 aromatic heterocycles. The zero-order valence-electron chi connectivity index (χ0n) is 17.9. The molecule has 1 aromatic carbocycles. The predicted molar refractivity (Wildman–Crippen MR) is 115 cm³/mol. The SMILES string of the molecule is CC(C)(NSc1ccc(C(C)(C)O)cc1)C(=O)NC1C2CC3CC1CC(O)(C3)C2. The van der Waals surface area contributed by atoms with Crippen LogP contribution in [0.15, 0.2) is 29.2 Å². The highest BCUT2D eigenvalue weighted by Gasteiger charge is 2.55. The number of carbonyl (C=O) groups is 1. The van der Waals surface area contributed by atoms with E-state index in [1.165, 1.54) is 11.9 Å². The highest BCUT2D eigenvalue weighted by molar-refractivity contribution is 7.97. The third-order valence-corrected chi connectivity index (χ3v) is 8.21. The fourth-order valence-corrected chi connectivity index (χ4v) is 6.45. The number of aliphatic hydroxyl groups is 2. The van der Waals surface area contributed by atoms with E-state index in [0.717, 1.165) is 42.6 Å². The van der Waals surface area contributed by atoms with Gasteiger partial charge in [-0.05, 0) is 107 Å². The summed E-state index contributed by atoms with van der Waals surface area (Å²) in [5.41, 5.74) is -1.19. The first-order chi connectivity index (χ1) is 13.5. The van der Waals surface area contributed by atoms with Gasteiger partial charge in [-0.2, -0.15) is 0 Å². The van der Waals surface area contributed by atoms with E-state index >= 15 is 0 Å². The van der Waals surface area contributed by atoms with Gasteiger partial charge in [-0.1, -0.05) is 12.1 Å². The molecule has 4 fully saturated rings. The maximum Gasteiger partial charge on any atom is 0.240 e. The molecule has 4 aliphatic carbocycles. The number of hydrogen-bond acceptors (Lipinski definition) is 5. The molecular formula is C23H34N2O3S. The highest BCUT2D eigenvalue weighted by atomic mass is 32.2. The zero-order valence-corrected chi connectivity index (χ0v) is 18.7. The standard InChI is InChI=1S/C23H34N2O3S/c1-21(2,25-29-18-7-5-17(6-8-18)22(3,4)27)20(26)24-19-15-9-14-10-16(19)13-23(28,11-14)12-15/h5-8,14-16,19,25,27-28H,9-13H2,1-4H3,(H,24,26). The number of carbonyl (C=O) groups excluding carboxylic acids is 1. The van der Waals surface area contributed by atoms with Crippen LogP contribution in [0.2, 0.25) is 0 Å². The van der Waals surface area contributed by atoms with E-state index in [-0.39, 0.29) is 11.9 Å². The van der Waals surface area contributed by atoms with Crippen LogP contribution >= 0.6 is 11.9 Å². The van der Waals surface area contributed by atoms with Crippen LogP contribution in [0, 0.1) is 17.8 Å². The third-order valence-electron chi connectivity index (χ3n) is 7.09. The summed E-state index contributed by atoms with van der Waals surface area (Å²) in [7, 11) is 0. The number of benzene rings is 1. The van der Waals surface area contributed by atoms with Crippen LogP contribution in [0.3, 0.4) is 0 Å². The maximum atomic E-state index is 13.1. The maximum absolute atomic E-state index is 13.1. The molecule has 4 bridgehead atoms. The van der Waals surface area contributed by atoms with Gasteiger partial charge < -0.3 is 15.5 Å². The largest absolute Gasteiger partial charge is 0.390 e. The zero-order chi connectivity index (χ0) is 21.0. The lowest BCUT2D eigenvalue weighted by Gasteiger charge is -2.58. The van der Waals surface area contributed by atoms with Crippen molar-refractivity contribution in [3.05, 3.63) is 29.8 Å². The molecule has 6 heteroatoms. The van der Waals surface area contributed by atoms with Crippen LogP contribution in [-0.4, -0.2) is 33.3 Å². The Morgan fingerprint density at radius 2 is 1.66 bits per heavy atom. The van der Waals surface area contributed by atoms with E-state index in [4.69, 9.17) is 0 Å². The monoisotopic (exact) mass is 418 g/mol. The molecule has 4 aliphatic rings. The molecule has 0 aliphatic heterocycles. The Balaban J connectivity index is 1.35. The summed E-state index contributed by atoms with van der Waals surface area (Å²) in [4.78, 5) is 14.1. The predicted octanol–water partition coefficient (Wildman–Crippen LogP) is 3.35. The highest BCUT2D eigenvalue weighted by Crippen LogP contribution is 2.55. The van der Waals surface area contributed by atoms with Crippen molar-refractivity contribution >= 4 is 17.9 Å². The molecule has 29 heavy (non-hydrogen) atoms. The Labute approximate surface area is 178 Å².